The smallest absolute Gasteiger partial charge is 0.215 e. The van der Waals surface area contributed by atoms with Crippen LogP contribution in [0.5, 0.6) is 0 Å². The molecule has 1 aliphatic rings. The van der Waals surface area contributed by atoms with Gasteiger partial charge in [0.2, 0.25) is 10.0 Å². The van der Waals surface area contributed by atoms with Gasteiger partial charge in [0.25, 0.3) is 0 Å². The summed E-state index contributed by atoms with van der Waals surface area (Å²) in [6.07, 6.45) is 0. The molecule has 160 valence electrons. The van der Waals surface area contributed by atoms with Crippen LogP contribution < -0.4 is 10.6 Å². The molecule has 0 aromatic heterocycles. The zero-order valence-electron chi connectivity index (χ0n) is 16.5. The third-order valence-electron chi connectivity index (χ3n) is 3.95. The standard InChI is InChI=1S/C18H30N4O2S3.HI/c1-3-19-18(21-15-16(2)26-17-7-5-4-6-8-17)20-9-14-27(23,24)22-10-12-25-13-11-22;/h4-8,16H,3,9-15H2,1-2H3,(H2,19,20,21);1H. The van der Waals surface area contributed by atoms with E-state index in [-0.39, 0.29) is 29.7 Å². The highest BCUT2D eigenvalue weighted by Gasteiger charge is 2.23. The minimum Gasteiger partial charge on any atom is -0.357 e. The second kappa shape index (κ2) is 13.9. The van der Waals surface area contributed by atoms with Crippen LogP contribution >= 0.6 is 47.5 Å². The van der Waals surface area contributed by atoms with Crippen LogP contribution in [0.3, 0.4) is 0 Å². The first-order valence-corrected chi connectivity index (χ1v) is 12.9. The Balaban J connectivity index is 0.00000392. The van der Waals surface area contributed by atoms with E-state index in [1.807, 2.05) is 25.1 Å². The van der Waals surface area contributed by atoms with Crippen molar-refractivity contribution in [1.82, 2.24) is 14.9 Å². The Morgan fingerprint density at radius 3 is 2.57 bits per heavy atom. The number of sulfonamides is 1. The van der Waals surface area contributed by atoms with Crippen molar-refractivity contribution in [3.8, 4) is 0 Å². The van der Waals surface area contributed by atoms with Gasteiger partial charge in [0.1, 0.15) is 0 Å². The minimum absolute atomic E-state index is 0. The van der Waals surface area contributed by atoms with Crippen LogP contribution in [0.15, 0.2) is 40.2 Å². The summed E-state index contributed by atoms with van der Waals surface area (Å²) < 4.78 is 26.4. The fourth-order valence-corrected chi connectivity index (χ4v) is 6.00. The SMILES string of the molecule is CCNC(=NCC(C)Sc1ccccc1)NCCS(=O)(=O)N1CCSCC1.I. The van der Waals surface area contributed by atoms with Gasteiger partial charge in [0, 0.05) is 47.8 Å². The lowest BCUT2D eigenvalue weighted by Crippen LogP contribution is -2.44. The summed E-state index contributed by atoms with van der Waals surface area (Å²) in [4.78, 5) is 5.83. The lowest BCUT2D eigenvalue weighted by molar-refractivity contribution is 0.443. The molecule has 0 amide bonds. The predicted octanol–water partition coefficient (Wildman–Crippen LogP) is 2.72. The Morgan fingerprint density at radius 2 is 1.93 bits per heavy atom. The van der Waals surface area contributed by atoms with Gasteiger partial charge in [-0.3, -0.25) is 4.99 Å². The Labute approximate surface area is 195 Å². The number of nitrogens with one attached hydrogen (secondary N) is 2. The molecule has 1 saturated heterocycles. The summed E-state index contributed by atoms with van der Waals surface area (Å²) in [5.41, 5.74) is 0. The average molecular weight is 559 g/mol. The normalized spacial score (nSPS) is 16.9. The highest BCUT2D eigenvalue weighted by atomic mass is 127. The fraction of sp³-hybridized carbons (Fsp3) is 0.611. The highest BCUT2D eigenvalue weighted by molar-refractivity contribution is 14.0. The first-order valence-electron chi connectivity index (χ1n) is 9.30. The number of halogens is 1. The van der Waals surface area contributed by atoms with Gasteiger partial charge in [-0.15, -0.1) is 35.7 Å². The Morgan fingerprint density at radius 1 is 1.25 bits per heavy atom. The maximum atomic E-state index is 12.4. The van der Waals surface area contributed by atoms with Crippen molar-refractivity contribution in [3.05, 3.63) is 30.3 Å². The van der Waals surface area contributed by atoms with Crippen LogP contribution in [0.4, 0.5) is 0 Å². The van der Waals surface area contributed by atoms with Gasteiger partial charge in [0.05, 0.1) is 12.3 Å². The van der Waals surface area contributed by atoms with Gasteiger partial charge >= 0.3 is 0 Å². The van der Waals surface area contributed by atoms with Gasteiger partial charge in [-0.2, -0.15) is 11.8 Å². The summed E-state index contributed by atoms with van der Waals surface area (Å²) in [6.45, 7) is 7.14. The van der Waals surface area contributed by atoms with E-state index in [4.69, 9.17) is 0 Å². The lowest BCUT2D eigenvalue weighted by atomic mass is 10.4. The van der Waals surface area contributed by atoms with Gasteiger partial charge in [-0.05, 0) is 19.1 Å². The summed E-state index contributed by atoms with van der Waals surface area (Å²) in [5.74, 6) is 2.53. The predicted molar refractivity (Wildman–Crippen MR) is 134 cm³/mol. The van der Waals surface area contributed by atoms with E-state index in [9.17, 15) is 8.42 Å². The fourth-order valence-electron chi connectivity index (χ4n) is 2.58. The van der Waals surface area contributed by atoms with Crippen LogP contribution in [0, 0.1) is 0 Å². The van der Waals surface area contributed by atoms with E-state index in [0.29, 0.717) is 37.4 Å². The van der Waals surface area contributed by atoms with Gasteiger partial charge in [-0.25, -0.2) is 12.7 Å². The molecule has 2 rings (SSSR count). The molecule has 1 unspecified atom stereocenters. The zero-order chi connectivity index (χ0) is 19.5. The molecule has 10 heteroatoms. The van der Waals surface area contributed by atoms with Crippen LogP contribution in [-0.4, -0.2) is 73.9 Å². The van der Waals surface area contributed by atoms with E-state index >= 15 is 0 Å². The zero-order valence-corrected chi connectivity index (χ0v) is 21.2. The number of thioether (sulfide) groups is 2. The van der Waals surface area contributed by atoms with E-state index in [1.165, 1.54) is 4.90 Å². The molecule has 6 nitrogen and oxygen atoms in total. The molecule has 1 aromatic rings. The number of benzene rings is 1. The number of nitrogens with zero attached hydrogens (tertiary/aromatic N) is 2. The van der Waals surface area contributed by atoms with Crippen molar-refractivity contribution in [3.63, 3.8) is 0 Å². The monoisotopic (exact) mass is 558 g/mol. The van der Waals surface area contributed by atoms with Gasteiger partial charge in [-0.1, -0.05) is 25.1 Å². The van der Waals surface area contributed by atoms with Crippen LogP contribution in [0.1, 0.15) is 13.8 Å². The average Bonchev–Trinajstić information content (AvgIpc) is 2.67. The molecular formula is C18H31IN4O2S3. The maximum absolute atomic E-state index is 12.4. The summed E-state index contributed by atoms with van der Waals surface area (Å²) in [5, 5.41) is 6.67. The molecule has 0 saturated carbocycles. The Bertz CT molecular complexity index is 683. The molecule has 28 heavy (non-hydrogen) atoms. The third-order valence-corrected chi connectivity index (χ3v) is 7.86. The maximum Gasteiger partial charge on any atom is 0.215 e. The summed E-state index contributed by atoms with van der Waals surface area (Å²) >= 11 is 3.59. The number of rotatable bonds is 9. The van der Waals surface area contributed by atoms with Crippen LogP contribution in [0.25, 0.3) is 0 Å². The van der Waals surface area contributed by atoms with Crippen molar-refractivity contribution in [2.75, 3.05) is 50.0 Å². The van der Waals surface area contributed by atoms with Crippen molar-refractivity contribution in [2.45, 2.75) is 24.0 Å². The Hall–Kier alpha value is -0.170. The minimum atomic E-state index is -3.20. The first kappa shape index (κ1) is 25.9. The highest BCUT2D eigenvalue weighted by Crippen LogP contribution is 2.22. The molecule has 1 aliphatic heterocycles. The quantitative estimate of drug-likeness (QED) is 0.210. The first-order chi connectivity index (χ1) is 13.0. The number of aliphatic imine (C=N–C) groups is 1. The Kier molecular flexibility index (Phi) is 12.9. The van der Waals surface area contributed by atoms with Crippen molar-refractivity contribution >= 4 is 63.5 Å². The van der Waals surface area contributed by atoms with Crippen molar-refractivity contribution in [2.24, 2.45) is 4.99 Å². The van der Waals surface area contributed by atoms with E-state index in [2.05, 4.69) is 34.7 Å². The second-order valence-electron chi connectivity index (χ2n) is 6.22. The van der Waals surface area contributed by atoms with Gasteiger partial charge < -0.3 is 10.6 Å². The summed E-state index contributed by atoms with van der Waals surface area (Å²) in [6, 6.07) is 10.3. The summed E-state index contributed by atoms with van der Waals surface area (Å²) in [7, 11) is -3.20. The molecule has 1 atom stereocenters. The second-order valence-corrected chi connectivity index (χ2v) is 11.0. The van der Waals surface area contributed by atoms with Gasteiger partial charge in [0.15, 0.2) is 5.96 Å². The topological polar surface area (TPSA) is 73.8 Å². The molecule has 0 radical (unpaired) electrons. The molecular weight excluding hydrogens is 527 g/mol. The molecule has 1 aromatic carbocycles. The van der Waals surface area contributed by atoms with Crippen LogP contribution in [-0.2, 0) is 10.0 Å². The molecule has 2 N–H and O–H groups in total. The van der Waals surface area contributed by atoms with E-state index in [1.54, 1.807) is 27.8 Å². The van der Waals surface area contributed by atoms with Crippen molar-refractivity contribution < 1.29 is 8.42 Å². The molecule has 1 fully saturated rings. The molecule has 0 bridgehead atoms. The van der Waals surface area contributed by atoms with Crippen molar-refractivity contribution in [1.29, 1.82) is 0 Å². The molecule has 0 spiro atoms. The van der Waals surface area contributed by atoms with E-state index < -0.39 is 10.0 Å². The van der Waals surface area contributed by atoms with E-state index in [0.717, 1.165) is 18.1 Å². The number of hydrogen-bond acceptors (Lipinski definition) is 5. The number of hydrogen-bond donors (Lipinski definition) is 2. The van der Waals surface area contributed by atoms with Crippen LogP contribution in [0.2, 0.25) is 0 Å². The third kappa shape index (κ3) is 9.55. The molecule has 1 heterocycles. The number of guanidine groups is 1. The molecule has 0 aliphatic carbocycles. The lowest BCUT2D eigenvalue weighted by Gasteiger charge is -2.25. The largest absolute Gasteiger partial charge is 0.357 e.